The number of halogens is 2. The number of alkyl halides is 1. The van der Waals surface area contributed by atoms with Crippen LogP contribution in [0.3, 0.4) is 0 Å². The number of carbonyl (C=O) groups is 4. The second-order valence-corrected chi connectivity index (χ2v) is 13.9. The fourth-order valence-electron chi connectivity index (χ4n) is 7.95. The third-order valence-corrected chi connectivity index (χ3v) is 10.6. The van der Waals surface area contributed by atoms with Crippen LogP contribution in [-0.2, 0) is 20.9 Å². The summed E-state index contributed by atoms with van der Waals surface area (Å²) in [4.78, 5) is 59.5. The van der Waals surface area contributed by atoms with Crippen molar-refractivity contribution in [1.29, 1.82) is 0 Å². The molecule has 4 atom stereocenters. The zero-order chi connectivity index (χ0) is 33.8. The second kappa shape index (κ2) is 14.6. The maximum atomic E-state index is 14.9. The summed E-state index contributed by atoms with van der Waals surface area (Å²) in [6, 6.07) is 12.4. The number of rotatable bonds is 4. The second-order valence-electron chi connectivity index (χ2n) is 13.9. The molecule has 10 nitrogen and oxygen atoms in total. The van der Waals surface area contributed by atoms with Crippen LogP contribution in [0, 0.1) is 17.7 Å². The Labute approximate surface area is 280 Å². The van der Waals surface area contributed by atoms with Gasteiger partial charge in [-0.3, -0.25) is 24.1 Å². The number of fused-ring (bicyclic) bond motifs is 2. The molecule has 1 spiro atoms. The van der Waals surface area contributed by atoms with Crippen LogP contribution in [0.5, 0.6) is 5.75 Å². The van der Waals surface area contributed by atoms with Crippen LogP contribution in [0.25, 0.3) is 0 Å². The summed E-state index contributed by atoms with van der Waals surface area (Å²) in [7, 11) is 1.65. The maximum Gasteiger partial charge on any atom is 0.253 e. The number of amides is 4. The highest BCUT2D eigenvalue weighted by Crippen LogP contribution is 2.34. The van der Waals surface area contributed by atoms with E-state index in [1.54, 1.807) is 12.0 Å². The van der Waals surface area contributed by atoms with Gasteiger partial charge in [-0.15, -0.1) is 0 Å². The van der Waals surface area contributed by atoms with Crippen LogP contribution in [0.2, 0.25) is 0 Å². The molecule has 4 saturated heterocycles. The van der Waals surface area contributed by atoms with Crippen molar-refractivity contribution in [3.8, 4) is 5.75 Å². The Morgan fingerprint density at radius 2 is 1.77 bits per heavy atom. The van der Waals surface area contributed by atoms with E-state index < -0.39 is 29.5 Å². The first-order chi connectivity index (χ1) is 23.1. The fourth-order valence-corrected chi connectivity index (χ4v) is 7.95. The van der Waals surface area contributed by atoms with Crippen LogP contribution < -0.4 is 15.4 Å². The van der Waals surface area contributed by atoms with Crippen LogP contribution in [0.4, 0.5) is 8.78 Å². The van der Waals surface area contributed by atoms with Crippen LogP contribution >= 0.6 is 0 Å². The average Bonchev–Trinajstić information content (AvgIpc) is 3.48. The molecule has 0 aromatic heterocycles. The molecule has 12 heteroatoms. The van der Waals surface area contributed by atoms with E-state index in [2.05, 4.69) is 21.6 Å². The molecule has 4 aliphatic heterocycles. The van der Waals surface area contributed by atoms with Gasteiger partial charge in [0.05, 0.1) is 19.2 Å². The van der Waals surface area contributed by atoms with E-state index in [0.29, 0.717) is 31.4 Å². The van der Waals surface area contributed by atoms with Gasteiger partial charge >= 0.3 is 0 Å². The van der Waals surface area contributed by atoms with E-state index in [0.717, 1.165) is 37.4 Å². The molecule has 4 heterocycles. The number of carbonyl (C=O) groups excluding carboxylic acids is 4. The monoisotopic (exact) mass is 665 g/mol. The highest BCUT2D eigenvalue weighted by atomic mass is 19.1. The van der Waals surface area contributed by atoms with Crippen molar-refractivity contribution in [1.82, 2.24) is 25.3 Å². The van der Waals surface area contributed by atoms with Crippen molar-refractivity contribution >= 4 is 23.6 Å². The van der Waals surface area contributed by atoms with E-state index in [1.807, 2.05) is 18.2 Å². The Bertz CT molecular complexity index is 1500. The summed E-state index contributed by atoms with van der Waals surface area (Å²) >= 11 is 0. The molecule has 0 aliphatic carbocycles. The third kappa shape index (κ3) is 7.80. The van der Waals surface area contributed by atoms with Crippen LogP contribution in [0.15, 0.2) is 48.5 Å². The van der Waals surface area contributed by atoms with Gasteiger partial charge in [0.15, 0.2) is 0 Å². The lowest BCUT2D eigenvalue weighted by Crippen LogP contribution is -2.61. The lowest BCUT2D eigenvalue weighted by molar-refractivity contribution is -0.141. The molecule has 0 radical (unpaired) electrons. The number of nitrogens with one attached hydrogen (secondary N) is 2. The summed E-state index contributed by atoms with van der Waals surface area (Å²) in [5.41, 5.74) is 0.528. The molecule has 0 bridgehead atoms. The summed E-state index contributed by atoms with van der Waals surface area (Å²) in [5.74, 6) is -0.578. The van der Waals surface area contributed by atoms with Gasteiger partial charge in [0.25, 0.3) is 5.91 Å². The normalized spacial score (nSPS) is 27.0. The molecular weight excluding hydrogens is 620 g/mol. The number of nitrogens with zero attached hydrogens (tertiary/aromatic N) is 3. The summed E-state index contributed by atoms with van der Waals surface area (Å²) in [6.45, 7) is 3.15. The highest BCUT2D eigenvalue weighted by molar-refractivity contribution is 5.94. The first-order valence-electron chi connectivity index (χ1n) is 17.0. The SMILES string of the molecule is COc1cccc(CN2CC[C@H]3CC(=O)N4C[C@@H](F)C[C@H]4C(=O)NC4(CCN(C(=O)c5ccc(F)cc5)CC4)CC(=O)NCC[C@H]3C2)c1. The summed E-state index contributed by atoms with van der Waals surface area (Å²) in [6.07, 6.45) is 0.931. The van der Waals surface area contributed by atoms with Crippen LogP contribution in [0.1, 0.15) is 60.9 Å². The molecular formula is C36H45F2N5O5. The summed E-state index contributed by atoms with van der Waals surface area (Å²) < 4.78 is 33.7. The maximum absolute atomic E-state index is 14.9. The number of hydrogen-bond acceptors (Lipinski definition) is 6. The zero-order valence-electron chi connectivity index (χ0n) is 27.5. The average molecular weight is 666 g/mol. The first kappa shape index (κ1) is 33.8. The van der Waals surface area contributed by atoms with Crippen molar-refractivity contribution in [2.75, 3.05) is 46.4 Å². The smallest absolute Gasteiger partial charge is 0.253 e. The molecule has 0 saturated carbocycles. The van der Waals surface area contributed by atoms with Crippen molar-refractivity contribution < 1.29 is 32.7 Å². The van der Waals surface area contributed by atoms with Gasteiger partial charge in [0.1, 0.15) is 23.8 Å². The predicted molar refractivity (Wildman–Crippen MR) is 174 cm³/mol. The predicted octanol–water partition coefficient (Wildman–Crippen LogP) is 3.30. The number of methoxy groups -OCH3 is 1. The Kier molecular flexibility index (Phi) is 10.3. The molecule has 6 rings (SSSR count). The number of hydrogen-bond donors (Lipinski definition) is 2. The van der Waals surface area contributed by atoms with Gasteiger partial charge in [0, 0.05) is 57.5 Å². The van der Waals surface area contributed by atoms with E-state index in [4.69, 9.17) is 4.74 Å². The highest BCUT2D eigenvalue weighted by Gasteiger charge is 2.46. The zero-order valence-corrected chi connectivity index (χ0v) is 27.5. The minimum atomic E-state index is -1.31. The lowest BCUT2D eigenvalue weighted by Gasteiger charge is -2.43. The van der Waals surface area contributed by atoms with E-state index in [1.165, 1.54) is 29.2 Å². The minimum Gasteiger partial charge on any atom is -0.497 e. The first-order valence-corrected chi connectivity index (χ1v) is 17.0. The number of benzene rings is 2. The standard InChI is InChI=1S/C36H45F2N5O5/c1-48-30-4-2-3-24(17-30)21-41-14-10-26-18-33(45)43-23-29(38)19-31(43)34(46)40-36(20-32(44)39-13-9-27(26)22-41)11-15-42(16-12-36)35(47)25-5-7-28(37)8-6-25/h2-8,17,26-27,29,31H,9-16,18-23H2,1H3,(H,39,44)(H,40,46)/t26-,27-,29-,31-/m0/s1. The van der Waals surface area contributed by atoms with Crippen molar-refractivity contribution in [2.24, 2.45) is 11.8 Å². The molecule has 258 valence electrons. The van der Waals surface area contributed by atoms with E-state index in [9.17, 15) is 28.0 Å². The molecule has 2 aromatic carbocycles. The quantitative estimate of drug-likeness (QED) is 0.519. The Morgan fingerprint density at radius 1 is 1.00 bits per heavy atom. The molecule has 4 aliphatic rings. The lowest BCUT2D eigenvalue weighted by atomic mass is 9.80. The minimum absolute atomic E-state index is 0.00704. The van der Waals surface area contributed by atoms with Gasteiger partial charge in [-0.25, -0.2) is 8.78 Å². The van der Waals surface area contributed by atoms with Gasteiger partial charge in [0.2, 0.25) is 17.7 Å². The Hall–Kier alpha value is -4.06. The Morgan fingerprint density at radius 3 is 2.52 bits per heavy atom. The third-order valence-electron chi connectivity index (χ3n) is 10.6. The molecule has 0 unspecified atom stereocenters. The van der Waals surface area contributed by atoms with E-state index >= 15 is 0 Å². The van der Waals surface area contributed by atoms with Crippen LogP contribution in [-0.4, -0.2) is 102 Å². The Balaban J connectivity index is 1.17. The molecule has 2 N–H and O–H groups in total. The molecule has 2 aromatic rings. The molecule has 48 heavy (non-hydrogen) atoms. The van der Waals surface area contributed by atoms with Crippen molar-refractivity contribution in [3.05, 3.63) is 65.5 Å². The largest absolute Gasteiger partial charge is 0.497 e. The number of likely N-dealkylation sites (tertiary alicyclic amines) is 2. The van der Waals surface area contributed by atoms with E-state index in [-0.39, 0.29) is 68.5 Å². The van der Waals surface area contributed by atoms with Gasteiger partial charge < -0.3 is 25.2 Å². The van der Waals surface area contributed by atoms with Crippen molar-refractivity contribution in [2.45, 2.75) is 69.2 Å². The molecule has 4 amide bonds. The van der Waals surface area contributed by atoms with Gasteiger partial charge in [-0.05, 0) is 86.0 Å². The molecule has 4 fully saturated rings. The number of piperidine rings is 2. The topological polar surface area (TPSA) is 111 Å². The van der Waals surface area contributed by atoms with Gasteiger partial charge in [-0.2, -0.15) is 0 Å². The number of ether oxygens (including phenoxy) is 1. The summed E-state index contributed by atoms with van der Waals surface area (Å²) in [5, 5.41) is 6.13. The fraction of sp³-hybridized carbons (Fsp3) is 0.556. The van der Waals surface area contributed by atoms with Crippen molar-refractivity contribution in [3.63, 3.8) is 0 Å². The van der Waals surface area contributed by atoms with Gasteiger partial charge in [-0.1, -0.05) is 12.1 Å².